The minimum Gasteiger partial charge on any atom is -0.399 e. The van der Waals surface area contributed by atoms with Gasteiger partial charge in [0, 0.05) is 11.4 Å². The molecular weight excluding hydrogens is 374 g/mol. The van der Waals surface area contributed by atoms with Gasteiger partial charge in [-0.1, -0.05) is 0 Å². The summed E-state index contributed by atoms with van der Waals surface area (Å²) < 4.78 is 102. The summed E-state index contributed by atoms with van der Waals surface area (Å²) in [6.07, 6.45) is -9.76. The molecule has 0 fully saturated rings. The van der Waals surface area contributed by atoms with E-state index in [1.54, 1.807) is 0 Å². The Bertz CT molecular complexity index is 850. The molecule has 0 spiro atoms. The number of anilines is 2. The normalized spacial score (nSPS) is 13.0. The molecule has 4 N–H and O–H groups in total. The van der Waals surface area contributed by atoms with Crippen LogP contribution in [0, 0.1) is 0 Å². The van der Waals surface area contributed by atoms with E-state index in [0.717, 1.165) is 12.1 Å². The zero-order chi connectivity index (χ0) is 19.2. The predicted octanol–water partition coefficient (Wildman–Crippen LogP) is 3.72. The van der Waals surface area contributed by atoms with Crippen LogP contribution >= 0.6 is 0 Å². The van der Waals surface area contributed by atoms with Gasteiger partial charge in [0.1, 0.15) is 0 Å². The van der Waals surface area contributed by atoms with E-state index in [9.17, 15) is 34.8 Å². The van der Waals surface area contributed by atoms with Crippen LogP contribution in [0.15, 0.2) is 46.2 Å². The van der Waals surface area contributed by atoms with Crippen LogP contribution in [0.25, 0.3) is 0 Å². The van der Waals surface area contributed by atoms with E-state index < -0.39 is 54.5 Å². The van der Waals surface area contributed by atoms with E-state index in [1.807, 2.05) is 0 Å². The van der Waals surface area contributed by atoms with Crippen LogP contribution in [0.5, 0.6) is 0 Å². The van der Waals surface area contributed by atoms with Crippen molar-refractivity contribution >= 4 is 21.2 Å². The second-order valence-electron chi connectivity index (χ2n) is 5.08. The standard InChI is InChI=1S/C14H10F6N2O2S/c15-13(16,17)7-1-9(21)5-11(3-7)25(23,24)12-4-8(14(18,19)20)2-10(22)6-12/h1-6H,21-22H2. The first kappa shape index (κ1) is 18.9. The van der Waals surface area contributed by atoms with Gasteiger partial charge in [-0.2, -0.15) is 26.3 Å². The molecule has 4 nitrogen and oxygen atoms in total. The SMILES string of the molecule is Nc1cc(C(F)(F)F)cc(S(=O)(=O)c2cc(N)cc(C(F)(F)F)c2)c1. The van der Waals surface area contributed by atoms with Crippen molar-refractivity contribution in [1.29, 1.82) is 0 Å². The minimum atomic E-state index is -4.88. The molecule has 25 heavy (non-hydrogen) atoms. The van der Waals surface area contributed by atoms with Gasteiger partial charge in [0.25, 0.3) is 0 Å². The second-order valence-corrected chi connectivity index (χ2v) is 7.03. The summed E-state index contributed by atoms with van der Waals surface area (Å²) in [7, 11) is -4.71. The molecule has 0 heterocycles. The molecule has 136 valence electrons. The molecule has 2 aromatic carbocycles. The number of nitrogens with two attached hydrogens (primary N) is 2. The number of rotatable bonds is 2. The van der Waals surface area contributed by atoms with Crippen molar-refractivity contribution in [2.75, 3.05) is 11.5 Å². The fraction of sp³-hybridized carbons (Fsp3) is 0.143. The summed E-state index contributed by atoms with van der Waals surface area (Å²) in [4.78, 5) is -1.78. The molecule has 0 saturated carbocycles. The lowest BCUT2D eigenvalue weighted by Gasteiger charge is -2.13. The van der Waals surface area contributed by atoms with Gasteiger partial charge in [-0.05, 0) is 36.4 Å². The number of hydrogen-bond donors (Lipinski definition) is 2. The summed E-state index contributed by atoms with van der Waals surface area (Å²) >= 11 is 0. The number of benzene rings is 2. The molecule has 0 aliphatic carbocycles. The summed E-state index contributed by atoms with van der Waals surface area (Å²) in [5.74, 6) is 0. The molecule has 0 atom stereocenters. The summed E-state index contributed by atoms with van der Waals surface area (Å²) in [6, 6.07) is 3.06. The van der Waals surface area contributed by atoms with E-state index in [4.69, 9.17) is 11.5 Å². The molecule has 0 aliphatic heterocycles. The summed E-state index contributed by atoms with van der Waals surface area (Å²) in [5, 5.41) is 0. The topological polar surface area (TPSA) is 86.2 Å². The molecule has 11 heteroatoms. The predicted molar refractivity (Wildman–Crippen MR) is 77.2 cm³/mol. The summed E-state index contributed by atoms with van der Waals surface area (Å²) in [6.45, 7) is 0. The second kappa shape index (κ2) is 5.83. The van der Waals surface area contributed by atoms with Crippen LogP contribution in [0.2, 0.25) is 0 Å². The Morgan fingerprint density at radius 1 is 0.640 bits per heavy atom. The molecule has 0 amide bonds. The maximum Gasteiger partial charge on any atom is 0.416 e. The fourth-order valence-electron chi connectivity index (χ4n) is 2.02. The van der Waals surface area contributed by atoms with E-state index >= 15 is 0 Å². The van der Waals surface area contributed by atoms with Gasteiger partial charge in [0.05, 0.1) is 20.9 Å². The summed E-state index contributed by atoms with van der Waals surface area (Å²) in [5.41, 5.74) is 6.89. The Morgan fingerprint density at radius 3 is 1.24 bits per heavy atom. The van der Waals surface area contributed by atoms with Gasteiger partial charge in [0.15, 0.2) is 0 Å². The van der Waals surface area contributed by atoms with Crippen LogP contribution in [0.1, 0.15) is 11.1 Å². The highest BCUT2D eigenvalue weighted by atomic mass is 32.2. The van der Waals surface area contributed by atoms with Crippen LogP contribution in [0.3, 0.4) is 0 Å². The number of alkyl halides is 6. The molecule has 0 unspecified atom stereocenters. The zero-order valence-electron chi connectivity index (χ0n) is 12.1. The van der Waals surface area contributed by atoms with E-state index in [-0.39, 0.29) is 0 Å². The molecule has 2 rings (SSSR count). The number of halogens is 6. The maximum absolute atomic E-state index is 12.8. The average Bonchev–Trinajstić information content (AvgIpc) is 2.44. The lowest BCUT2D eigenvalue weighted by atomic mass is 10.2. The smallest absolute Gasteiger partial charge is 0.399 e. The highest BCUT2D eigenvalue weighted by Crippen LogP contribution is 2.36. The third kappa shape index (κ3) is 3.98. The Labute approximate surface area is 138 Å². The Morgan fingerprint density at radius 2 is 0.960 bits per heavy atom. The quantitative estimate of drug-likeness (QED) is 0.610. The lowest BCUT2D eigenvalue weighted by Crippen LogP contribution is -2.12. The molecule has 0 aliphatic rings. The average molecular weight is 384 g/mol. The van der Waals surface area contributed by atoms with Gasteiger partial charge in [0.2, 0.25) is 9.84 Å². The zero-order valence-corrected chi connectivity index (χ0v) is 12.9. The molecule has 0 aromatic heterocycles. The number of hydrogen-bond acceptors (Lipinski definition) is 4. The third-order valence-corrected chi connectivity index (χ3v) is 4.85. The molecular formula is C14H10F6N2O2S. The molecule has 0 saturated heterocycles. The van der Waals surface area contributed by atoms with Gasteiger partial charge in [-0.15, -0.1) is 0 Å². The van der Waals surface area contributed by atoms with E-state index in [1.165, 1.54) is 0 Å². The van der Waals surface area contributed by atoms with Crippen molar-refractivity contribution in [1.82, 2.24) is 0 Å². The lowest BCUT2D eigenvalue weighted by molar-refractivity contribution is -0.138. The Kier molecular flexibility index (Phi) is 4.41. The van der Waals surface area contributed by atoms with Gasteiger partial charge in [-0.3, -0.25) is 0 Å². The monoisotopic (exact) mass is 384 g/mol. The highest BCUT2D eigenvalue weighted by molar-refractivity contribution is 7.91. The first-order chi connectivity index (χ1) is 11.2. The van der Waals surface area contributed by atoms with Crippen molar-refractivity contribution in [2.45, 2.75) is 22.1 Å². The van der Waals surface area contributed by atoms with Crippen LogP contribution < -0.4 is 11.5 Å². The Hall–Kier alpha value is -2.43. The Balaban J connectivity index is 2.68. The van der Waals surface area contributed by atoms with Crippen LogP contribution in [-0.2, 0) is 22.2 Å². The molecule has 0 bridgehead atoms. The van der Waals surface area contributed by atoms with Crippen molar-refractivity contribution in [3.8, 4) is 0 Å². The van der Waals surface area contributed by atoms with Crippen molar-refractivity contribution in [3.63, 3.8) is 0 Å². The van der Waals surface area contributed by atoms with Crippen LogP contribution in [-0.4, -0.2) is 8.42 Å². The first-order valence-corrected chi connectivity index (χ1v) is 7.90. The number of sulfone groups is 1. The van der Waals surface area contributed by atoms with Gasteiger partial charge < -0.3 is 11.5 Å². The van der Waals surface area contributed by atoms with Gasteiger partial charge >= 0.3 is 12.4 Å². The van der Waals surface area contributed by atoms with Crippen LogP contribution in [0.4, 0.5) is 37.7 Å². The largest absolute Gasteiger partial charge is 0.416 e. The molecule has 0 radical (unpaired) electrons. The fourth-order valence-corrected chi connectivity index (χ4v) is 3.44. The van der Waals surface area contributed by atoms with E-state index in [2.05, 4.69) is 0 Å². The third-order valence-electron chi connectivity index (χ3n) is 3.13. The van der Waals surface area contributed by atoms with Crippen molar-refractivity contribution in [2.24, 2.45) is 0 Å². The van der Waals surface area contributed by atoms with Crippen molar-refractivity contribution < 1.29 is 34.8 Å². The van der Waals surface area contributed by atoms with Crippen molar-refractivity contribution in [3.05, 3.63) is 47.5 Å². The molecule has 2 aromatic rings. The highest BCUT2D eigenvalue weighted by Gasteiger charge is 2.35. The minimum absolute atomic E-state index is 0.294. The first-order valence-electron chi connectivity index (χ1n) is 6.42. The maximum atomic E-state index is 12.8. The van der Waals surface area contributed by atoms with E-state index in [0.29, 0.717) is 24.3 Å². The van der Waals surface area contributed by atoms with Gasteiger partial charge in [-0.25, -0.2) is 8.42 Å². The number of nitrogen functional groups attached to an aromatic ring is 2.